The molecule has 4 heterocycles. The number of aliphatic hydroxyl groups is 2. The first-order valence-corrected chi connectivity index (χ1v) is 42.9. The number of likely N-dealkylation sites (N-methyl/N-ethyl adjacent to an activating group) is 3. The summed E-state index contributed by atoms with van der Waals surface area (Å²) in [5.74, 6) is -16.7. The van der Waals surface area contributed by atoms with Gasteiger partial charge in [0.1, 0.15) is 45.7 Å². The lowest BCUT2D eigenvalue weighted by molar-refractivity contribution is -0.146. The molecule has 2 saturated heterocycles. The minimum atomic E-state index is -2.29. The fourth-order valence-electron chi connectivity index (χ4n) is 14.4. The van der Waals surface area contributed by atoms with Crippen molar-refractivity contribution in [3.63, 3.8) is 0 Å². The molecule has 120 heavy (non-hydrogen) atoms. The van der Waals surface area contributed by atoms with Crippen LogP contribution < -0.4 is 15.4 Å². The molecule has 4 amide bonds. The Morgan fingerprint density at radius 1 is 0.600 bits per heavy atom. The van der Waals surface area contributed by atoms with Gasteiger partial charge in [0, 0.05) is 86.0 Å². The number of hydrogen-bond acceptors (Lipinski definition) is 22. The standard InChI is InChI=1S/C39H60N4O6S.C31H46N6O5S.C13H12F5NO2.C4H8O2/c1-10-26(5)30(21-34(44)32-13-11-12-18-42(32)7)38(47)43(8)33(24(2)3)22-35(45)37-41-31(23-50-37)36(46)40-29(19-27(6)39(48)49-9)20-28-16-14-25(4)15-17-28;1-9-20(5)27(35-36-32)30(40)37(7)25(18(2)3)16-26(38)29-34-24(17-43-29)28(39)33-23(14-21(6)31(41)42-8)15-22-12-10-19(4)11-13-22;1-19-5-3-2-4-6(19)13(20)21-12-10(17)8(15)7(14)9(16)11(12)18;1-3-6-4(2)5/h14-17,23-24,26-27,29-30,32-33,35,45H,10-13,18-22H2,1-9H3,(H,40,46);10-13,17-18,20-21,23,25-27,38H,9,14-16H2,1-8H3,(H,33,39);6H,2-5H2,1H3;3H2,1-2H3/t26?,27-,29+,30-,32?,33?,35+;20?,21-,23+,25?,26+,27-;;/m00../s1. The number of aliphatic hydroxyl groups excluding tert-OH is 2. The number of carbonyl (C=O) groups is 9. The molecule has 4 N–H and O–H groups in total. The topological polar surface area (TPSA) is 343 Å². The van der Waals surface area contributed by atoms with Gasteiger partial charge in [0.2, 0.25) is 46.6 Å². The highest BCUT2D eigenvalue weighted by Gasteiger charge is 2.40. The Balaban J connectivity index is 0.000000389. The zero-order valence-electron chi connectivity index (χ0n) is 73.2. The molecule has 3 aromatic carbocycles. The van der Waals surface area contributed by atoms with Crippen molar-refractivity contribution in [2.45, 2.75) is 248 Å². The predicted octanol–water partition coefficient (Wildman–Crippen LogP) is 15.0. The van der Waals surface area contributed by atoms with Crippen LogP contribution in [0.25, 0.3) is 10.4 Å². The number of azide groups is 1. The number of methoxy groups -OCH3 is 2. The molecule has 0 radical (unpaired) electrons. The van der Waals surface area contributed by atoms with Crippen LogP contribution in [0.3, 0.4) is 0 Å². The molecular formula is C87H126F5N11O15S2. The number of halogens is 5. The van der Waals surface area contributed by atoms with Crippen LogP contribution in [0.1, 0.15) is 232 Å². The van der Waals surface area contributed by atoms with Crippen molar-refractivity contribution in [1.29, 1.82) is 0 Å². The van der Waals surface area contributed by atoms with E-state index < -0.39 is 88.8 Å². The number of Topliss-reactive ketones (excluding diaryl/α,β-unsaturated/α-hetero) is 1. The van der Waals surface area contributed by atoms with E-state index >= 15 is 0 Å². The van der Waals surface area contributed by atoms with Crippen molar-refractivity contribution in [2.75, 3.05) is 62.1 Å². The van der Waals surface area contributed by atoms with E-state index in [1.54, 1.807) is 67.4 Å². The molecule has 26 nitrogen and oxygen atoms in total. The summed E-state index contributed by atoms with van der Waals surface area (Å²) >= 11 is 2.38. The van der Waals surface area contributed by atoms with Gasteiger partial charge in [0.25, 0.3) is 11.8 Å². The number of benzene rings is 3. The lowest BCUT2D eigenvalue weighted by Gasteiger charge is -2.37. The van der Waals surface area contributed by atoms with Crippen molar-refractivity contribution >= 4 is 76.0 Å². The number of nitrogens with zero attached hydrogens (tertiary/aromatic N) is 9. The number of ether oxygens (including phenoxy) is 4. The van der Waals surface area contributed by atoms with Gasteiger partial charge in [-0.25, -0.2) is 27.9 Å². The number of esters is 4. The first-order chi connectivity index (χ1) is 56.6. The maximum absolute atomic E-state index is 14.1. The van der Waals surface area contributed by atoms with E-state index in [1.165, 1.54) is 43.8 Å². The van der Waals surface area contributed by atoms with Gasteiger partial charge in [-0.15, -0.1) is 22.7 Å². The molecule has 5 aromatic rings. The van der Waals surface area contributed by atoms with E-state index in [9.17, 15) is 75.3 Å². The van der Waals surface area contributed by atoms with Crippen LogP contribution in [0, 0.1) is 84.4 Å². The summed E-state index contributed by atoms with van der Waals surface area (Å²) in [6, 6.07) is 13.0. The molecule has 0 aliphatic carbocycles. The van der Waals surface area contributed by atoms with Gasteiger partial charge in [-0.3, -0.25) is 48.2 Å². The molecule has 0 spiro atoms. The minimum absolute atomic E-state index is 0.00527. The van der Waals surface area contributed by atoms with Gasteiger partial charge in [0.15, 0.2) is 5.78 Å². The average molecular weight is 1730 g/mol. The fraction of sp³-hybridized carbons (Fsp3) is 0.621. The first-order valence-electron chi connectivity index (χ1n) is 41.1. The molecule has 2 fully saturated rings. The molecule has 0 bridgehead atoms. The summed E-state index contributed by atoms with van der Waals surface area (Å²) in [7, 11) is 9.74. The molecule has 666 valence electrons. The summed E-state index contributed by atoms with van der Waals surface area (Å²) in [5, 5.41) is 36.3. The van der Waals surface area contributed by atoms with Crippen LogP contribution in [0.15, 0.2) is 64.4 Å². The summed E-state index contributed by atoms with van der Waals surface area (Å²) in [6.45, 7) is 28.5. The van der Waals surface area contributed by atoms with Crippen molar-refractivity contribution in [3.8, 4) is 5.75 Å². The number of thiazole rings is 2. The highest BCUT2D eigenvalue weighted by molar-refractivity contribution is 7.10. The second-order valence-corrected chi connectivity index (χ2v) is 33.9. The number of carbonyl (C=O) groups excluding carboxylic acids is 9. The number of piperidine rings is 2. The van der Waals surface area contributed by atoms with E-state index in [-0.39, 0.29) is 126 Å². The number of hydrogen-bond donors (Lipinski definition) is 4. The molecular weight excluding hydrogens is 1600 g/mol. The Bertz CT molecular complexity index is 4160. The lowest BCUT2D eigenvalue weighted by atomic mass is 9.83. The molecule has 33 heteroatoms. The zero-order chi connectivity index (χ0) is 90.1. The van der Waals surface area contributed by atoms with Gasteiger partial charge in [-0.05, 0) is 140 Å². The second-order valence-electron chi connectivity index (χ2n) is 32.1. The summed E-state index contributed by atoms with van der Waals surface area (Å²) < 4.78 is 84.4. The highest BCUT2D eigenvalue weighted by atomic mass is 32.1. The van der Waals surface area contributed by atoms with Crippen molar-refractivity contribution in [3.05, 3.63) is 142 Å². The Morgan fingerprint density at radius 3 is 1.36 bits per heavy atom. The van der Waals surface area contributed by atoms with Gasteiger partial charge in [-0.2, -0.15) is 8.78 Å². The predicted molar refractivity (Wildman–Crippen MR) is 450 cm³/mol. The van der Waals surface area contributed by atoms with Crippen molar-refractivity contribution in [1.82, 2.24) is 40.2 Å². The molecule has 14 atom stereocenters. The van der Waals surface area contributed by atoms with Gasteiger partial charge in [0.05, 0.1) is 38.7 Å². The van der Waals surface area contributed by atoms with E-state index in [2.05, 4.69) is 45.0 Å². The Labute approximate surface area is 711 Å². The van der Waals surface area contributed by atoms with Crippen LogP contribution >= 0.6 is 22.7 Å². The van der Waals surface area contributed by atoms with Crippen LogP contribution in [0.5, 0.6) is 5.75 Å². The minimum Gasteiger partial charge on any atom is -0.469 e. The van der Waals surface area contributed by atoms with Gasteiger partial charge in [-0.1, -0.05) is 160 Å². The number of aryl methyl sites for hydroxylation is 2. The van der Waals surface area contributed by atoms with E-state index in [1.807, 2.05) is 125 Å². The van der Waals surface area contributed by atoms with E-state index in [0.717, 1.165) is 60.9 Å². The SMILES string of the molecule is CCC(C)[C@H](CC(=O)C1CCCCN1C)C(=O)N(C)C(C[C@@H](O)c1nc(C(=O)N[C@@H](Cc2ccc(C)cc2)C[C@H](C)C(=O)OC)cs1)C(C)C.CCC(C)[C@H](N=[N+]=[N-])C(=O)N(C)C(C[C@@H](O)c1nc(C(=O)N[C@@H](Cc2ccc(C)cc2)C[C@H](C)C(=O)OC)cs1)C(C)C.CCOC(C)=O.CN1CCCCC1C(=O)Oc1c(F)c(F)c(F)c(F)c1F. The number of ketones is 1. The largest absolute Gasteiger partial charge is 0.469 e. The first kappa shape index (κ1) is 103. The quantitative estimate of drug-likeness (QED) is 0.00330. The maximum Gasteiger partial charge on any atom is 0.328 e. The van der Waals surface area contributed by atoms with Crippen molar-refractivity contribution in [2.24, 2.45) is 46.5 Å². The monoisotopic (exact) mass is 1720 g/mol. The third-order valence-corrected chi connectivity index (χ3v) is 24.1. The normalized spacial score (nSPS) is 17.2. The maximum atomic E-state index is 14.1. The van der Waals surface area contributed by atoms with Crippen molar-refractivity contribution < 1.29 is 94.3 Å². The Morgan fingerprint density at radius 2 is 1.00 bits per heavy atom. The molecule has 0 saturated carbocycles. The average Bonchev–Trinajstić information content (AvgIpc) is 1.06. The number of amides is 4. The number of rotatable bonds is 37. The fourth-order valence-corrected chi connectivity index (χ4v) is 16.0. The molecule has 2 aromatic heterocycles. The highest BCUT2D eigenvalue weighted by Crippen LogP contribution is 2.35. The van der Waals surface area contributed by atoms with Crippen LogP contribution in [-0.2, 0) is 60.6 Å². The van der Waals surface area contributed by atoms with Gasteiger partial charge < -0.3 is 49.6 Å². The third-order valence-electron chi connectivity index (χ3n) is 22.2. The summed E-state index contributed by atoms with van der Waals surface area (Å²) in [6.07, 6.45) is 6.84. The van der Waals surface area contributed by atoms with Crippen LogP contribution in [0.2, 0.25) is 0 Å². The summed E-state index contributed by atoms with van der Waals surface area (Å²) in [4.78, 5) is 132. The van der Waals surface area contributed by atoms with Crippen LogP contribution in [-0.4, -0.2) is 197 Å². The molecule has 2 aliphatic heterocycles. The number of likely N-dealkylation sites (tertiary alicyclic amines) is 2. The number of nitrogens with one attached hydrogen (secondary N) is 2. The smallest absolute Gasteiger partial charge is 0.328 e. The lowest BCUT2D eigenvalue weighted by Crippen LogP contribution is -2.48. The second kappa shape index (κ2) is 51.2. The van der Waals surface area contributed by atoms with Gasteiger partial charge >= 0.3 is 23.9 Å². The number of aromatic nitrogens is 2. The van der Waals surface area contributed by atoms with Crippen LogP contribution in [0.4, 0.5) is 22.0 Å². The van der Waals surface area contributed by atoms with E-state index in [0.29, 0.717) is 68.1 Å². The Kier molecular flexibility index (Phi) is 44.1. The summed E-state index contributed by atoms with van der Waals surface area (Å²) in [5.41, 5.74) is 13.7. The third kappa shape index (κ3) is 31.6. The molecule has 7 rings (SSSR count). The molecule has 6 unspecified atom stereocenters. The van der Waals surface area contributed by atoms with E-state index in [4.69, 9.17) is 15.0 Å². The molecule has 2 aliphatic rings. The Hall–Kier alpha value is -8.85. The zero-order valence-corrected chi connectivity index (χ0v) is 74.8.